The molecule has 0 saturated carbocycles. The van der Waals surface area contributed by atoms with Gasteiger partial charge in [-0.05, 0) is 46.1 Å². The van der Waals surface area contributed by atoms with Gasteiger partial charge in [0, 0.05) is 11.6 Å². The molecular formula is C19H16BrFN2O2S. The van der Waals surface area contributed by atoms with Gasteiger partial charge in [-0.2, -0.15) is 0 Å². The first-order valence-electron chi connectivity index (χ1n) is 7.93. The maximum atomic E-state index is 13.0. The van der Waals surface area contributed by atoms with Crippen LogP contribution in [0.4, 0.5) is 9.52 Å². The molecule has 0 aliphatic rings. The zero-order valence-corrected chi connectivity index (χ0v) is 16.3. The minimum atomic E-state index is -0.850. The van der Waals surface area contributed by atoms with Crippen LogP contribution in [0.25, 0.3) is 22.4 Å². The van der Waals surface area contributed by atoms with E-state index in [9.17, 15) is 9.18 Å². The van der Waals surface area contributed by atoms with Crippen LogP contribution < -0.4 is 5.32 Å². The number of carboxylic acid groups (broad SMARTS) is 1. The first kappa shape index (κ1) is 18.5. The van der Waals surface area contributed by atoms with E-state index in [0.717, 1.165) is 26.2 Å². The number of rotatable bonds is 6. The van der Waals surface area contributed by atoms with E-state index in [-0.39, 0.29) is 18.3 Å². The molecule has 2 N–H and O–H groups in total. The van der Waals surface area contributed by atoms with Gasteiger partial charge >= 0.3 is 5.97 Å². The number of carbonyl (C=O) groups is 1. The van der Waals surface area contributed by atoms with Crippen LogP contribution in [0.15, 0.2) is 52.3 Å². The van der Waals surface area contributed by atoms with E-state index in [1.165, 1.54) is 23.5 Å². The van der Waals surface area contributed by atoms with Crippen molar-refractivity contribution in [2.75, 3.05) is 5.32 Å². The van der Waals surface area contributed by atoms with Crippen molar-refractivity contribution < 1.29 is 14.3 Å². The summed E-state index contributed by atoms with van der Waals surface area (Å²) in [5, 5.41) is 12.6. The summed E-state index contributed by atoms with van der Waals surface area (Å²) in [6.07, 6.45) is 0.0267. The Balaban J connectivity index is 1.79. The van der Waals surface area contributed by atoms with Crippen molar-refractivity contribution in [3.05, 3.63) is 58.1 Å². The Morgan fingerprint density at radius 1 is 1.15 bits per heavy atom. The SMILES string of the molecule is CC(CC(=O)O)Nc1nc(-c2ccc(-c3ccc(F)cc3)cc2)c(Br)s1. The number of thiazole rings is 1. The number of anilines is 1. The molecule has 1 heterocycles. The second-order valence-electron chi connectivity index (χ2n) is 5.87. The summed E-state index contributed by atoms with van der Waals surface area (Å²) in [6, 6.07) is 14.0. The summed E-state index contributed by atoms with van der Waals surface area (Å²) in [7, 11) is 0. The second kappa shape index (κ2) is 7.97. The Hall–Kier alpha value is -2.25. The summed E-state index contributed by atoms with van der Waals surface area (Å²) in [5.74, 6) is -1.11. The van der Waals surface area contributed by atoms with Gasteiger partial charge in [0.25, 0.3) is 0 Å². The standard InChI is InChI=1S/C19H16BrFN2O2S/c1-11(10-16(24)25)22-19-23-17(18(20)26-19)14-4-2-12(3-5-14)13-6-8-15(21)9-7-13/h2-9,11H,10H2,1H3,(H,22,23)(H,24,25). The van der Waals surface area contributed by atoms with Crippen molar-refractivity contribution in [1.82, 2.24) is 4.98 Å². The molecule has 4 nitrogen and oxygen atoms in total. The van der Waals surface area contributed by atoms with Crippen molar-refractivity contribution in [3.8, 4) is 22.4 Å². The zero-order valence-electron chi connectivity index (χ0n) is 13.9. The average Bonchev–Trinajstić information content (AvgIpc) is 2.95. The topological polar surface area (TPSA) is 62.2 Å². The minimum Gasteiger partial charge on any atom is -0.481 e. The summed E-state index contributed by atoms with van der Waals surface area (Å²) in [4.78, 5) is 15.3. The van der Waals surface area contributed by atoms with E-state index in [2.05, 4.69) is 26.2 Å². The number of halogens is 2. The molecule has 134 valence electrons. The Labute approximate surface area is 162 Å². The Morgan fingerprint density at radius 3 is 2.27 bits per heavy atom. The van der Waals surface area contributed by atoms with Crippen LogP contribution >= 0.6 is 27.3 Å². The summed E-state index contributed by atoms with van der Waals surface area (Å²) < 4.78 is 13.9. The molecule has 3 rings (SSSR count). The normalized spacial score (nSPS) is 12.0. The van der Waals surface area contributed by atoms with Crippen LogP contribution in [-0.4, -0.2) is 22.1 Å². The van der Waals surface area contributed by atoms with E-state index in [4.69, 9.17) is 5.11 Å². The molecule has 7 heteroatoms. The molecule has 1 atom stereocenters. The zero-order chi connectivity index (χ0) is 18.7. The molecule has 1 aromatic heterocycles. The highest BCUT2D eigenvalue weighted by Crippen LogP contribution is 2.36. The monoisotopic (exact) mass is 434 g/mol. The van der Waals surface area contributed by atoms with Crippen LogP contribution in [0.5, 0.6) is 0 Å². The van der Waals surface area contributed by atoms with Crippen LogP contribution in [0.3, 0.4) is 0 Å². The smallest absolute Gasteiger partial charge is 0.305 e. The van der Waals surface area contributed by atoms with Gasteiger partial charge in [0.05, 0.1) is 15.9 Å². The van der Waals surface area contributed by atoms with E-state index in [1.807, 2.05) is 24.3 Å². The van der Waals surface area contributed by atoms with Gasteiger partial charge in [0.1, 0.15) is 5.82 Å². The maximum Gasteiger partial charge on any atom is 0.305 e. The van der Waals surface area contributed by atoms with Gasteiger partial charge in [-0.15, -0.1) is 0 Å². The first-order valence-corrected chi connectivity index (χ1v) is 9.54. The fourth-order valence-corrected chi connectivity index (χ4v) is 4.13. The van der Waals surface area contributed by atoms with Crippen molar-refractivity contribution in [2.45, 2.75) is 19.4 Å². The molecule has 3 aromatic rings. The Morgan fingerprint density at radius 2 is 1.69 bits per heavy atom. The molecule has 0 radical (unpaired) electrons. The van der Waals surface area contributed by atoms with Crippen molar-refractivity contribution in [3.63, 3.8) is 0 Å². The van der Waals surface area contributed by atoms with Gasteiger partial charge in [0.15, 0.2) is 5.13 Å². The average molecular weight is 435 g/mol. The van der Waals surface area contributed by atoms with E-state index < -0.39 is 5.97 Å². The van der Waals surface area contributed by atoms with Crippen molar-refractivity contribution in [2.24, 2.45) is 0 Å². The predicted octanol–water partition coefficient (Wildman–Crippen LogP) is 5.65. The molecule has 0 spiro atoms. The molecule has 0 saturated heterocycles. The molecule has 26 heavy (non-hydrogen) atoms. The molecule has 2 aromatic carbocycles. The highest BCUT2D eigenvalue weighted by Gasteiger charge is 2.14. The van der Waals surface area contributed by atoms with Gasteiger partial charge in [-0.1, -0.05) is 47.7 Å². The highest BCUT2D eigenvalue weighted by molar-refractivity contribution is 9.11. The molecule has 0 aliphatic carbocycles. The molecule has 1 unspecified atom stereocenters. The third-order valence-electron chi connectivity index (χ3n) is 3.77. The van der Waals surface area contributed by atoms with E-state index in [0.29, 0.717) is 5.13 Å². The lowest BCUT2D eigenvalue weighted by molar-refractivity contribution is -0.137. The number of hydrogen-bond donors (Lipinski definition) is 2. The largest absolute Gasteiger partial charge is 0.481 e. The quantitative estimate of drug-likeness (QED) is 0.525. The summed E-state index contributed by atoms with van der Waals surface area (Å²) in [5.41, 5.74) is 3.68. The predicted molar refractivity (Wildman–Crippen MR) is 106 cm³/mol. The van der Waals surface area contributed by atoms with Gasteiger partial charge < -0.3 is 10.4 Å². The molecule has 0 amide bonds. The van der Waals surface area contributed by atoms with Crippen LogP contribution in [-0.2, 0) is 4.79 Å². The second-order valence-corrected chi connectivity index (χ2v) is 8.19. The van der Waals surface area contributed by atoms with Gasteiger partial charge in [0.2, 0.25) is 0 Å². The third-order valence-corrected chi connectivity index (χ3v) is 5.41. The van der Waals surface area contributed by atoms with Gasteiger partial charge in [-0.25, -0.2) is 9.37 Å². The van der Waals surface area contributed by atoms with Gasteiger partial charge in [-0.3, -0.25) is 4.79 Å². The number of carboxylic acids is 1. The number of aromatic nitrogens is 1. The third kappa shape index (κ3) is 4.47. The van der Waals surface area contributed by atoms with E-state index >= 15 is 0 Å². The molecule has 0 fully saturated rings. The molecule has 0 aliphatic heterocycles. The maximum absolute atomic E-state index is 13.0. The van der Waals surface area contributed by atoms with Crippen LogP contribution in [0.1, 0.15) is 13.3 Å². The molecular weight excluding hydrogens is 419 g/mol. The Kier molecular flexibility index (Phi) is 5.68. The lowest BCUT2D eigenvalue weighted by Gasteiger charge is -2.09. The number of benzene rings is 2. The molecule has 0 bridgehead atoms. The lowest BCUT2D eigenvalue weighted by atomic mass is 10.0. The first-order chi connectivity index (χ1) is 12.4. The number of nitrogens with one attached hydrogen (secondary N) is 1. The van der Waals surface area contributed by atoms with E-state index in [1.54, 1.807) is 19.1 Å². The number of aliphatic carboxylic acids is 1. The van der Waals surface area contributed by atoms with Crippen LogP contribution in [0.2, 0.25) is 0 Å². The lowest BCUT2D eigenvalue weighted by Crippen LogP contribution is -2.19. The summed E-state index contributed by atoms with van der Waals surface area (Å²) in [6.45, 7) is 1.81. The number of nitrogens with zero attached hydrogens (tertiary/aromatic N) is 1. The number of hydrogen-bond acceptors (Lipinski definition) is 4. The van der Waals surface area contributed by atoms with Crippen molar-refractivity contribution in [1.29, 1.82) is 0 Å². The minimum absolute atomic E-state index is 0.0267. The Bertz CT molecular complexity index is 910. The highest BCUT2D eigenvalue weighted by atomic mass is 79.9. The summed E-state index contributed by atoms with van der Waals surface area (Å²) >= 11 is 4.95. The van der Waals surface area contributed by atoms with Crippen LogP contribution in [0, 0.1) is 5.82 Å². The fraction of sp³-hybridized carbons (Fsp3) is 0.158. The fourth-order valence-electron chi connectivity index (χ4n) is 2.53. The van der Waals surface area contributed by atoms with Crippen molar-refractivity contribution >= 4 is 38.4 Å².